The maximum Gasteiger partial charge on any atom is 0.471 e. The first-order valence-electron chi connectivity index (χ1n) is 13.1. The second-order valence-corrected chi connectivity index (χ2v) is 9.83. The summed E-state index contributed by atoms with van der Waals surface area (Å²) in [7, 11) is 0. The maximum atomic E-state index is 12.7. The van der Waals surface area contributed by atoms with Crippen LogP contribution in [-0.2, 0) is 9.59 Å². The van der Waals surface area contributed by atoms with Crippen molar-refractivity contribution < 1.29 is 27.5 Å². The minimum absolute atomic E-state index is 0.115. The van der Waals surface area contributed by atoms with Gasteiger partial charge in [-0.1, -0.05) is 0 Å². The van der Waals surface area contributed by atoms with Crippen LogP contribution in [-0.4, -0.2) is 52.0 Å². The minimum atomic E-state index is -4.93. The van der Waals surface area contributed by atoms with E-state index in [1.54, 1.807) is 50.2 Å². The highest BCUT2D eigenvalue weighted by atomic mass is 19.4. The van der Waals surface area contributed by atoms with Crippen LogP contribution >= 0.6 is 0 Å². The lowest BCUT2D eigenvalue weighted by molar-refractivity contribution is -0.186. The van der Waals surface area contributed by atoms with Crippen molar-refractivity contribution in [3.05, 3.63) is 76.5 Å². The Morgan fingerprint density at radius 1 is 1.05 bits per heavy atom. The summed E-state index contributed by atoms with van der Waals surface area (Å²) in [6.45, 7) is 3.35. The van der Waals surface area contributed by atoms with E-state index in [4.69, 9.17) is 10.00 Å². The smallest absolute Gasteiger partial charge is 0.438 e. The zero-order valence-electron chi connectivity index (χ0n) is 23.2. The minimum Gasteiger partial charge on any atom is -0.438 e. The Morgan fingerprint density at radius 3 is 2.26 bits per heavy atom. The summed E-state index contributed by atoms with van der Waals surface area (Å²) in [6.07, 6.45) is -0.411. The predicted octanol–water partition coefficient (Wildman–Crippen LogP) is 5.06. The SMILES string of the molecule is Cc1cc(C#N)cc(C)c1Oc1nc(Nc2ccc(C#N)cc2)ncc1/C=C/C(=O)NC1CCN(C(=O)C(F)(F)F)CC1. The summed E-state index contributed by atoms with van der Waals surface area (Å²) < 4.78 is 44.3. The maximum absolute atomic E-state index is 12.7. The van der Waals surface area contributed by atoms with Gasteiger partial charge in [-0.25, -0.2) is 4.98 Å². The second kappa shape index (κ2) is 13.0. The molecule has 13 heteroatoms. The van der Waals surface area contributed by atoms with Crippen molar-refractivity contribution in [3.8, 4) is 23.8 Å². The van der Waals surface area contributed by atoms with Gasteiger partial charge in [-0.15, -0.1) is 0 Å². The zero-order valence-corrected chi connectivity index (χ0v) is 23.2. The molecule has 2 N–H and O–H groups in total. The van der Waals surface area contributed by atoms with E-state index in [1.165, 1.54) is 18.3 Å². The number of carbonyl (C=O) groups is 2. The molecular formula is C30H26F3N7O3. The Morgan fingerprint density at radius 2 is 1.67 bits per heavy atom. The van der Waals surface area contributed by atoms with E-state index in [-0.39, 0.29) is 37.8 Å². The number of likely N-dealkylation sites (tertiary alicyclic amines) is 1. The van der Waals surface area contributed by atoms with Crippen molar-refractivity contribution in [2.75, 3.05) is 18.4 Å². The summed E-state index contributed by atoms with van der Waals surface area (Å²) >= 11 is 0. The quantitative estimate of drug-likeness (QED) is 0.364. The number of anilines is 2. The van der Waals surface area contributed by atoms with Gasteiger partial charge in [0, 0.05) is 37.1 Å². The van der Waals surface area contributed by atoms with Crippen molar-refractivity contribution >= 4 is 29.5 Å². The van der Waals surface area contributed by atoms with Crippen LogP contribution in [0.25, 0.3) is 6.08 Å². The molecule has 2 aromatic carbocycles. The molecule has 4 rings (SSSR count). The molecule has 2 amide bonds. The number of nitrogens with one attached hydrogen (secondary N) is 2. The number of halogens is 3. The van der Waals surface area contributed by atoms with Crippen LogP contribution in [0.3, 0.4) is 0 Å². The van der Waals surface area contributed by atoms with Gasteiger partial charge in [0.15, 0.2) is 0 Å². The average Bonchev–Trinajstić information content (AvgIpc) is 2.98. The number of benzene rings is 2. The van der Waals surface area contributed by atoms with E-state index in [9.17, 15) is 28.0 Å². The molecule has 1 saturated heterocycles. The molecule has 43 heavy (non-hydrogen) atoms. The molecule has 10 nitrogen and oxygen atoms in total. The van der Waals surface area contributed by atoms with Gasteiger partial charge in [0.1, 0.15) is 5.75 Å². The average molecular weight is 590 g/mol. The number of alkyl halides is 3. The van der Waals surface area contributed by atoms with Gasteiger partial charge in [0.25, 0.3) is 0 Å². The Kier molecular flexibility index (Phi) is 9.26. The first-order chi connectivity index (χ1) is 20.5. The number of aromatic nitrogens is 2. The molecule has 0 aliphatic carbocycles. The number of nitriles is 2. The van der Waals surface area contributed by atoms with Crippen molar-refractivity contribution in [2.45, 2.75) is 38.9 Å². The van der Waals surface area contributed by atoms with Gasteiger partial charge in [0.05, 0.1) is 28.8 Å². The highest BCUT2D eigenvalue weighted by Gasteiger charge is 2.43. The fourth-order valence-corrected chi connectivity index (χ4v) is 4.48. The fourth-order valence-electron chi connectivity index (χ4n) is 4.48. The number of amides is 2. The first kappa shape index (κ1) is 30.5. The molecule has 0 saturated carbocycles. The summed E-state index contributed by atoms with van der Waals surface area (Å²) in [5.41, 5.74) is 3.33. The molecule has 0 bridgehead atoms. The number of rotatable bonds is 7. The molecule has 1 aromatic heterocycles. The van der Waals surface area contributed by atoms with Crippen molar-refractivity contribution in [3.63, 3.8) is 0 Å². The van der Waals surface area contributed by atoms with Gasteiger partial charge in [0.2, 0.25) is 17.7 Å². The molecule has 0 radical (unpaired) electrons. The predicted molar refractivity (Wildman–Crippen MR) is 150 cm³/mol. The molecule has 1 aliphatic heterocycles. The van der Waals surface area contributed by atoms with Crippen molar-refractivity contribution in [2.24, 2.45) is 0 Å². The standard InChI is InChI=1S/C30H26F3N7O3/c1-18-13-21(16-35)14-19(2)26(18)43-27-22(17-36-29(39-27)38-23-6-3-20(15-34)4-7-23)5-8-25(41)37-24-9-11-40(12-10-24)28(42)30(31,32)33/h3-8,13-14,17,24H,9-12H2,1-2H3,(H,37,41)(H,36,38,39)/b8-5+. The first-order valence-corrected chi connectivity index (χ1v) is 13.1. The van der Waals surface area contributed by atoms with Crippen LogP contribution in [0, 0.1) is 36.5 Å². The van der Waals surface area contributed by atoms with Gasteiger partial charge < -0.3 is 20.3 Å². The van der Waals surface area contributed by atoms with Crippen LogP contribution in [0.2, 0.25) is 0 Å². The van der Waals surface area contributed by atoms with Crippen LogP contribution in [0.15, 0.2) is 48.7 Å². The van der Waals surface area contributed by atoms with E-state index in [1.807, 2.05) is 6.07 Å². The molecule has 0 atom stereocenters. The Labute approximate surface area is 245 Å². The number of aryl methyl sites for hydroxylation is 2. The normalized spacial score (nSPS) is 13.7. The summed E-state index contributed by atoms with van der Waals surface area (Å²) in [4.78, 5) is 33.6. The molecule has 0 spiro atoms. The third kappa shape index (κ3) is 7.86. The zero-order chi connectivity index (χ0) is 31.1. The molecule has 2 heterocycles. The van der Waals surface area contributed by atoms with E-state index in [0.29, 0.717) is 39.3 Å². The number of hydrogen-bond donors (Lipinski definition) is 2. The Bertz CT molecular complexity index is 1610. The molecule has 0 unspecified atom stereocenters. The number of nitrogens with zero attached hydrogens (tertiary/aromatic N) is 5. The second-order valence-electron chi connectivity index (χ2n) is 9.83. The number of carbonyl (C=O) groups excluding carboxylic acids is 2. The number of hydrogen-bond acceptors (Lipinski definition) is 8. The summed E-state index contributed by atoms with van der Waals surface area (Å²) in [5, 5.41) is 24.1. The molecule has 220 valence electrons. The lowest BCUT2D eigenvalue weighted by Gasteiger charge is -2.32. The highest BCUT2D eigenvalue weighted by Crippen LogP contribution is 2.32. The van der Waals surface area contributed by atoms with Crippen LogP contribution in [0.1, 0.15) is 40.7 Å². The third-order valence-corrected chi connectivity index (χ3v) is 6.62. The van der Waals surface area contributed by atoms with Crippen LogP contribution in [0.4, 0.5) is 24.8 Å². The van der Waals surface area contributed by atoms with Crippen LogP contribution in [0.5, 0.6) is 11.6 Å². The van der Waals surface area contributed by atoms with Crippen LogP contribution < -0.4 is 15.4 Å². The van der Waals surface area contributed by atoms with Gasteiger partial charge >= 0.3 is 12.1 Å². The Hall–Kier alpha value is -5.43. The van der Waals surface area contributed by atoms with E-state index >= 15 is 0 Å². The van der Waals surface area contributed by atoms with Gasteiger partial charge in [-0.3, -0.25) is 9.59 Å². The van der Waals surface area contributed by atoms with Gasteiger partial charge in [-0.05, 0) is 80.3 Å². The molecule has 1 fully saturated rings. The van der Waals surface area contributed by atoms with Crippen molar-refractivity contribution in [1.29, 1.82) is 10.5 Å². The van der Waals surface area contributed by atoms with E-state index in [0.717, 1.165) is 4.90 Å². The monoisotopic (exact) mass is 589 g/mol. The van der Waals surface area contributed by atoms with E-state index in [2.05, 4.69) is 26.7 Å². The summed E-state index contributed by atoms with van der Waals surface area (Å²) in [6, 6.07) is 13.8. The summed E-state index contributed by atoms with van der Waals surface area (Å²) in [5.74, 6) is -1.59. The molecule has 3 aromatic rings. The Balaban J connectivity index is 1.52. The number of piperidine rings is 1. The lowest BCUT2D eigenvalue weighted by Crippen LogP contribution is -2.49. The van der Waals surface area contributed by atoms with E-state index < -0.39 is 24.0 Å². The fraction of sp³-hybridized carbons (Fsp3) is 0.267. The van der Waals surface area contributed by atoms with Gasteiger partial charge in [-0.2, -0.15) is 28.7 Å². The van der Waals surface area contributed by atoms with Crippen molar-refractivity contribution in [1.82, 2.24) is 20.2 Å². The number of ether oxygens (including phenoxy) is 1. The molecular weight excluding hydrogens is 563 g/mol. The topological polar surface area (TPSA) is 144 Å². The lowest BCUT2D eigenvalue weighted by atomic mass is 10.0. The largest absolute Gasteiger partial charge is 0.471 e. The molecule has 1 aliphatic rings. The highest BCUT2D eigenvalue weighted by molar-refractivity contribution is 5.92. The third-order valence-electron chi connectivity index (χ3n) is 6.62.